The highest BCUT2D eigenvalue weighted by molar-refractivity contribution is 6.11. The molecule has 0 spiro atoms. The van der Waals surface area contributed by atoms with Crippen LogP contribution in [0.15, 0.2) is 0 Å². The van der Waals surface area contributed by atoms with E-state index in [0.717, 1.165) is 25.9 Å². The smallest absolute Gasteiger partial charge is 0.112 e. The van der Waals surface area contributed by atoms with Crippen molar-refractivity contribution < 1.29 is 9.47 Å². The highest BCUT2D eigenvalue weighted by Crippen LogP contribution is 2.44. The summed E-state index contributed by atoms with van der Waals surface area (Å²) in [5, 5.41) is 0. The van der Waals surface area contributed by atoms with Gasteiger partial charge in [-0.15, -0.1) is 0 Å². The van der Waals surface area contributed by atoms with Gasteiger partial charge in [0.15, 0.2) is 0 Å². The standard InChI is InChI=1S/C10H17BO2/c1-3-10-5-4-6-12-8(7(10)2)9(11)13-10/h7-9H,3-6H2,1-2H3/t7-,8?,9-,10+/m1/s1. The Morgan fingerprint density at radius 3 is 3.00 bits per heavy atom. The van der Waals surface area contributed by atoms with Gasteiger partial charge in [-0.1, -0.05) is 13.8 Å². The van der Waals surface area contributed by atoms with E-state index < -0.39 is 0 Å². The highest BCUT2D eigenvalue weighted by Gasteiger charge is 2.50. The first-order chi connectivity index (χ1) is 6.19. The van der Waals surface area contributed by atoms with Crippen LogP contribution in [-0.4, -0.2) is 32.2 Å². The lowest BCUT2D eigenvalue weighted by atomic mass is 9.80. The molecular formula is C10H17BO2. The van der Waals surface area contributed by atoms with E-state index in [1.165, 1.54) is 0 Å². The zero-order chi connectivity index (χ0) is 9.47. The number of rotatable bonds is 1. The van der Waals surface area contributed by atoms with E-state index in [2.05, 4.69) is 13.8 Å². The Hall–Kier alpha value is -0.0151. The van der Waals surface area contributed by atoms with Gasteiger partial charge in [0.05, 0.1) is 11.7 Å². The molecule has 4 atom stereocenters. The molecule has 2 rings (SSSR count). The molecule has 2 aliphatic heterocycles. The van der Waals surface area contributed by atoms with Crippen molar-refractivity contribution in [3.8, 4) is 0 Å². The first-order valence-electron chi connectivity index (χ1n) is 5.24. The van der Waals surface area contributed by atoms with E-state index in [1.54, 1.807) is 0 Å². The molecule has 1 unspecified atom stereocenters. The lowest BCUT2D eigenvalue weighted by Gasteiger charge is -2.31. The molecule has 0 aromatic heterocycles. The largest absolute Gasteiger partial charge is 0.379 e. The summed E-state index contributed by atoms with van der Waals surface area (Å²) in [5.74, 6) is 0.440. The summed E-state index contributed by atoms with van der Waals surface area (Å²) in [6, 6.07) is -0.213. The fraction of sp³-hybridized carbons (Fsp3) is 1.00. The molecule has 0 amide bonds. The molecule has 0 aromatic rings. The molecule has 2 nitrogen and oxygen atoms in total. The zero-order valence-corrected chi connectivity index (χ0v) is 8.45. The van der Waals surface area contributed by atoms with Crippen molar-refractivity contribution in [3.63, 3.8) is 0 Å². The highest BCUT2D eigenvalue weighted by atomic mass is 16.6. The summed E-state index contributed by atoms with van der Waals surface area (Å²) in [4.78, 5) is 0. The number of hydrogen-bond acceptors (Lipinski definition) is 2. The van der Waals surface area contributed by atoms with Crippen LogP contribution in [0.2, 0.25) is 0 Å². The van der Waals surface area contributed by atoms with Crippen LogP contribution < -0.4 is 0 Å². The van der Waals surface area contributed by atoms with Crippen molar-refractivity contribution in [1.29, 1.82) is 0 Å². The lowest BCUT2D eigenvalue weighted by molar-refractivity contribution is -0.0562. The number of ether oxygens (including phenoxy) is 2. The van der Waals surface area contributed by atoms with E-state index in [9.17, 15) is 0 Å². The Labute approximate surface area is 81.4 Å². The van der Waals surface area contributed by atoms with Crippen LogP contribution in [0.5, 0.6) is 0 Å². The van der Waals surface area contributed by atoms with Crippen LogP contribution in [0, 0.1) is 5.92 Å². The van der Waals surface area contributed by atoms with Crippen molar-refractivity contribution in [2.45, 2.75) is 50.8 Å². The molecule has 13 heavy (non-hydrogen) atoms. The molecule has 3 heteroatoms. The lowest BCUT2D eigenvalue weighted by Crippen LogP contribution is -2.34. The second-order valence-corrected chi connectivity index (χ2v) is 4.23. The molecule has 2 heterocycles. The minimum absolute atomic E-state index is 0.000579. The summed E-state index contributed by atoms with van der Waals surface area (Å²) >= 11 is 0. The third kappa shape index (κ3) is 1.33. The Bertz CT molecular complexity index is 197. The molecule has 0 aromatic carbocycles. The molecule has 0 aliphatic carbocycles. The van der Waals surface area contributed by atoms with Crippen molar-refractivity contribution in [3.05, 3.63) is 0 Å². The van der Waals surface area contributed by atoms with Gasteiger partial charge in [0.2, 0.25) is 0 Å². The third-order valence-corrected chi connectivity index (χ3v) is 3.67. The molecule has 2 saturated heterocycles. The summed E-state index contributed by atoms with van der Waals surface area (Å²) in [6.07, 6.45) is 3.35. The fourth-order valence-electron chi connectivity index (χ4n) is 2.73. The summed E-state index contributed by atoms with van der Waals surface area (Å²) < 4.78 is 11.6. The van der Waals surface area contributed by atoms with E-state index in [0.29, 0.717) is 5.92 Å². The number of hydrogen-bond donors (Lipinski definition) is 0. The summed E-state index contributed by atoms with van der Waals surface area (Å²) in [6.45, 7) is 5.22. The fourth-order valence-corrected chi connectivity index (χ4v) is 2.73. The normalized spacial score (nSPS) is 50.5. The second kappa shape index (κ2) is 3.28. The van der Waals surface area contributed by atoms with Crippen molar-refractivity contribution in [1.82, 2.24) is 0 Å². The minimum Gasteiger partial charge on any atom is -0.379 e. The summed E-state index contributed by atoms with van der Waals surface area (Å²) in [7, 11) is 5.89. The Morgan fingerprint density at radius 2 is 2.31 bits per heavy atom. The molecule has 2 fully saturated rings. The zero-order valence-electron chi connectivity index (χ0n) is 8.45. The van der Waals surface area contributed by atoms with Crippen LogP contribution in [-0.2, 0) is 9.47 Å². The van der Waals surface area contributed by atoms with Crippen LogP contribution >= 0.6 is 0 Å². The average Bonchev–Trinajstić information content (AvgIpc) is 2.26. The first-order valence-corrected chi connectivity index (χ1v) is 5.24. The van der Waals surface area contributed by atoms with Gasteiger partial charge in [-0.25, -0.2) is 0 Å². The molecule has 2 radical (unpaired) electrons. The van der Waals surface area contributed by atoms with Crippen LogP contribution in [0.3, 0.4) is 0 Å². The van der Waals surface area contributed by atoms with Crippen LogP contribution in [0.1, 0.15) is 33.1 Å². The number of fused-ring (bicyclic) bond motifs is 2. The van der Waals surface area contributed by atoms with Crippen molar-refractivity contribution in [2.24, 2.45) is 5.92 Å². The van der Waals surface area contributed by atoms with Gasteiger partial charge in [-0.3, -0.25) is 0 Å². The Morgan fingerprint density at radius 1 is 1.54 bits per heavy atom. The molecule has 72 valence electrons. The van der Waals surface area contributed by atoms with E-state index in [-0.39, 0.29) is 17.7 Å². The molecule has 2 aliphatic rings. The first kappa shape index (κ1) is 9.54. The monoisotopic (exact) mass is 180 g/mol. The van der Waals surface area contributed by atoms with Crippen LogP contribution in [0.4, 0.5) is 0 Å². The predicted octanol–water partition coefficient (Wildman–Crippen LogP) is 1.48. The van der Waals surface area contributed by atoms with E-state index >= 15 is 0 Å². The third-order valence-electron chi connectivity index (χ3n) is 3.67. The van der Waals surface area contributed by atoms with Crippen molar-refractivity contribution >= 4 is 7.85 Å². The quantitative estimate of drug-likeness (QED) is 0.569. The maximum Gasteiger partial charge on any atom is 0.112 e. The Balaban J connectivity index is 2.24. The van der Waals surface area contributed by atoms with Gasteiger partial charge < -0.3 is 9.47 Å². The maximum absolute atomic E-state index is 5.89. The van der Waals surface area contributed by atoms with Gasteiger partial charge in [-0.2, -0.15) is 0 Å². The van der Waals surface area contributed by atoms with Crippen molar-refractivity contribution in [2.75, 3.05) is 6.61 Å². The van der Waals surface area contributed by atoms with Gasteiger partial charge in [0, 0.05) is 18.5 Å². The molecular weight excluding hydrogens is 163 g/mol. The second-order valence-electron chi connectivity index (χ2n) is 4.23. The van der Waals surface area contributed by atoms with Gasteiger partial charge in [0.25, 0.3) is 0 Å². The molecule has 2 bridgehead atoms. The van der Waals surface area contributed by atoms with Gasteiger partial charge >= 0.3 is 0 Å². The van der Waals surface area contributed by atoms with Gasteiger partial charge in [-0.05, 0) is 19.3 Å². The average molecular weight is 180 g/mol. The van der Waals surface area contributed by atoms with Crippen LogP contribution in [0.25, 0.3) is 0 Å². The Kier molecular flexibility index (Phi) is 2.41. The maximum atomic E-state index is 5.89. The summed E-state index contributed by atoms with van der Waals surface area (Å²) in [5.41, 5.74) is 0.000579. The van der Waals surface area contributed by atoms with E-state index in [4.69, 9.17) is 17.3 Å². The molecule has 0 N–H and O–H groups in total. The molecule has 0 saturated carbocycles. The van der Waals surface area contributed by atoms with E-state index in [1.807, 2.05) is 0 Å². The topological polar surface area (TPSA) is 18.5 Å². The predicted molar refractivity (Wildman–Crippen MR) is 51.8 cm³/mol. The van der Waals surface area contributed by atoms with Gasteiger partial charge in [0.1, 0.15) is 7.85 Å². The SMILES string of the molecule is [B][C@@H]1O[C@@]2(CC)CCCOC1[C@H]2C. The minimum atomic E-state index is -0.213.